The molecule has 1 amide bonds. The summed E-state index contributed by atoms with van der Waals surface area (Å²) >= 11 is 5.92. The molecule has 0 aliphatic carbocycles. The zero-order valence-corrected chi connectivity index (χ0v) is 18.7. The summed E-state index contributed by atoms with van der Waals surface area (Å²) in [5.74, 6) is -0.158. The van der Waals surface area contributed by atoms with E-state index in [2.05, 4.69) is 20.9 Å². The fraction of sp³-hybridized carbons (Fsp3) is 0.222. The monoisotopic (exact) mass is 497 g/mol. The summed E-state index contributed by atoms with van der Waals surface area (Å²) in [5, 5.41) is 2.56. The first-order valence-electron chi connectivity index (χ1n) is 8.51. The topological polar surface area (TPSA) is 70.6 Å². The summed E-state index contributed by atoms with van der Waals surface area (Å²) in [6.07, 6.45) is 0. The highest BCUT2D eigenvalue weighted by Crippen LogP contribution is 2.29. The molecule has 10 heteroatoms. The van der Waals surface area contributed by atoms with E-state index in [0.717, 1.165) is 14.4 Å². The Balaban J connectivity index is 1.43. The van der Waals surface area contributed by atoms with Crippen LogP contribution in [0.25, 0.3) is 10.6 Å². The molecule has 0 radical (unpaired) electrons. The molecule has 0 unspecified atom stereocenters. The summed E-state index contributed by atoms with van der Waals surface area (Å²) in [4.78, 5) is 18.9. The summed E-state index contributed by atoms with van der Waals surface area (Å²) in [6.45, 7) is 1.25. The van der Waals surface area contributed by atoms with Gasteiger partial charge in [0.1, 0.15) is 14.9 Å². The second-order valence-corrected chi connectivity index (χ2v) is 11.6. The molecule has 6 nitrogen and oxygen atoms in total. The molecule has 0 N–H and O–H groups in total. The van der Waals surface area contributed by atoms with Gasteiger partial charge in [0.05, 0.1) is 3.79 Å². The summed E-state index contributed by atoms with van der Waals surface area (Å²) < 4.78 is 27.9. The number of sulfonamides is 1. The third-order valence-corrected chi connectivity index (χ3v) is 9.29. The SMILES string of the molecule is O=C(c1csc(-c2ccccc2)n1)N1CCN(S(=O)(=O)c2ccc(Br)s2)CC1. The highest BCUT2D eigenvalue weighted by Gasteiger charge is 2.32. The highest BCUT2D eigenvalue weighted by molar-refractivity contribution is 9.11. The Labute approximate surface area is 179 Å². The number of aromatic nitrogens is 1. The van der Waals surface area contributed by atoms with Gasteiger partial charge in [0.25, 0.3) is 15.9 Å². The molecule has 1 saturated heterocycles. The van der Waals surface area contributed by atoms with Crippen molar-refractivity contribution < 1.29 is 13.2 Å². The predicted molar refractivity (Wildman–Crippen MR) is 114 cm³/mol. The Morgan fingerprint density at radius 3 is 2.39 bits per heavy atom. The standard InChI is InChI=1S/C18H16BrN3O3S3/c19-15-6-7-16(27-15)28(24,25)22-10-8-21(9-11-22)18(23)14-12-26-17(20-14)13-4-2-1-3-5-13/h1-7,12H,8-11H2. The minimum Gasteiger partial charge on any atom is -0.335 e. The molecule has 1 aromatic carbocycles. The largest absolute Gasteiger partial charge is 0.335 e. The van der Waals surface area contributed by atoms with Crippen LogP contribution >= 0.6 is 38.6 Å². The molecule has 146 valence electrons. The molecule has 3 aromatic rings. The van der Waals surface area contributed by atoms with Crippen LogP contribution in [0.4, 0.5) is 0 Å². The quantitative estimate of drug-likeness (QED) is 0.549. The van der Waals surface area contributed by atoms with Crippen LogP contribution in [0.1, 0.15) is 10.5 Å². The Morgan fingerprint density at radius 1 is 1.04 bits per heavy atom. The van der Waals surface area contributed by atoms with E-state index in [1.54, 1.807) is 22.4 Å². The van der Waals surface area contributed by atoms with Gasteiger partial charge in [0.15, 0.2) is 0 Å². The number of thiophene rings is 1. The molecular formula is C18H16BrN3O3S3. The summed E-state index contributed by atoms with van der Waals surface area (Å²) in [7, 11) is -3.52. The number of carbonyl (C=O) groups excluding carboxylic acids is 1. The van der Waals surface area contributed by atoms with E-state index < -0.39 is 10.0 Å². The average Bonchev–Trinajstić information content (AvgIpc) is 3.38. The van der Waals surface area contributed by atoms with Gasteiger partial charge in [-0.2, -0.15) is 4.31 Å². The zero-order valence-electron chi connectivity index (χ0n) is 14.6. The van der Waals surface area contributed by atoms with Crippen LogP contribution in [0, 0.1) is 0 Å². The second kappa shape index (κ2) is 8.03. The van der Waals surface area contributed by atoms with Crippen molar-refractivity contribution in [2.45, 2.75) is 4.21 Å². The fourth-order valence-electron chi connectivity index (χ4n) is 2.94. The van der Waals surface area contributed by atoms with Gasteiger partial charge in [-0.25, -0.2) is 13.4 Å². The number of hydrogen-bond acceptors (Lipinski definition) is 6. The van der Waals surface area contributed by atoms with Crippen LogP contribution in [0.15, 0.2) is 55.8 Å². The van der Waals surface area contributed by atoms with Crippen molar-refractivity contribution in [3.8, 4) is 10.6 Å². The first-order valence-corrected chi connectivity index (χ1v) is 12.4. The zero-order chi connectivity index (χ0) is 19.7. The minimum absolute atomic E-state index is 0.158. The molecule has 1 fully saturated rings. The number of piperazine rings is 1. The van der Waals surface area contributed by atoms with E-state index in [0.29, 0.717) is 23.0 Å². The van der Waals surface area contributed by atoms with Gasteiger partial charge in [-0.3, -0.25) is 4.79 Å². The van der Waals surface area contributed by atoms with E-state index in [9.17, 15) is 13.2 Å². The van der Waals surface area contributed by atoms with Crippen LogP contribution < -0.4 is 0 Å². The van der Waals surface area contributed by atoms with E-state index in [1.807, 2.05) is 30.3 Å². The maximum atomic E-state index is 12.8. The molecule has 0 atom stereocenters. The van der Waals surface area contributed by atoms with Gasteiger partial charge in [-0.15, -0.1) is 22.7 Å². The molecule has 2 aromatic heterocycles. The molecule has 0 spiro atoms. The van der Waals surface area contributed by atoms with Crippen LogP contribution in [-0.2, 0) is 10.0 Å². The first kappa shape index (κ1) is 19.7. The van der Waals surface area contributed by atoms with Gasteiger partial charge in [0.2, 0.25) is 0 Å². The number of nitrogens with zero attached hydrogens (tertiary/aromatic N) is 3. The van der Waals surface area contributed by atoms with Crippen molar-refractivity contribution in [3.63, 3.8) is 0 Å². The third kappa shape index (κ3) is 3.92. The lowest BCUT2D eigenvalue weighted by Crippen LogP contribution is -2.50. The van der Waals surface area contributed by atoms with Crippen molar-refractivity contribution in [1.29, 1.82) is 0 Å². The van der Waals surface area contributed by atoms with E-state index in [4.69, 9.17) is 0 Å². The van der Waals surface area contributed by atoms with Crippen LogP contribution in [0.3, 0.4) is 0 Å². The van der Waals surface area contributed by atoms with Crippen LogP contribution in [0.2, 0.25) is 0 Å². The van der Waals surface area contributed by atoms with Gasteiger partial charge in [-0.05, 0) is 28.1 Å². The van der Waals surface area contributed by atoms with Gasteiger partial charge >= 0.3 is 0 Å². The number of halogens is 1. The Kier molecular flexibility index (Phi) is 5.66. The number of carbonyl (C=O) groups is 1. The minimum atomic E-state index is -3.52. The number of thiazole rings is 1. The summed E-state index contributed by atoms with van der Waals surface area (Å²) in [5.41, 5.74) is 1.38. The maximum Gasteiger partial charge on any atom is 0.273 e. The van der Waals surface area contributed by atoms with Crippen molar-refractivity contribution in [1.82, 2.24) is 14.2 Å². The number of hydrogen-bond donors (Lipinski definition) is 0. The lowest BCUT2D eigenvalue weighted by Gasteiger charge is -2.33. The van der Waals surface area contributed by atoms with Crippen LogP contribution in [0.5, 0.6) is 0 Å². The second-order valence-electron chi connectivity index (χ2n) is 6.16. The van der Waals surface area contributed by atoms with Gasteiger partial charge < -0.3 is 4.90 Å². The first-order chi connectivity index (χ1) is 13.4. The van der Waals surface area contributed by atoms with E-state index in [-0.39, 0.29) is 19.0 Å². The Bertz CT molecular complexity index is 1090. The molecule has 4 rings (SSSR count). The molecule has 3 heterocycles. The Morgan fingerprint density at radius 2 is 1.75 bits per heavy atom. The molecule has 1 aliphatic rings. The van der Waals surface area contributed by atoms with Gasteiger partial charge in [0, 0.05) is 37.1 Å². The molecular weight excluding hydrogens is 482 g/mol. The number of amides is 1. The highest BCUT2D eigenvalue weighted by atomic mass is 79.9. The fourth-order valence-corrected chi connectivity index (χ4v) is 7.33. The maximum absolute atomic E-state index is 12.8. The van der Waals surface area contributed by atoms with E-state index in [1.165, 1.54) is 27.0 Å². The molecule has 0 saturated carbocycles. The van der Waals surface area contributed by atoms with Crippen molar-refractivity contribution in [3.05, 3.63) is 57.3 Å². The molecule has 28 heavy (non-hydrogen) atoms. The smallest absolute Gasteiger partial charge is 0.273 e. The molecule has 0 bridgehead atoms. The predicted octanol–water partition coefficient (Wildman–Crippen LogP) is 3.78. The van der Waals surface area contributed by atoms with Crippen molar-refractivity contribution in [2.24, 2.45) is 0 Å². The van der Waals surface area contributed by atoms with Crippen molar-refractivity contribution in [2.75, 3.05) is 26.2 Å². The van der Waals surface area contributed by atoms with E-state index >= 15 is 0 Å². The lowest BCUT2D eigenvalue weighted by molar-refractivity contribution is 0.0693. The lowest BCUT2D eigenvalue weighted by atomic mass is 10.2. The van der Waals surface area contributed by atoms with Crippen LogP contribution in [-0.4, -0.2) is 54.7 Å². The number of rotatable bonds is 4. The Hall–Kier alpha value is -1.59. The number of benzene rings is 1. The average molecular weight is 498 g/mol. The molecule has 1 aliphatic heterocycles. The normalized spacial score (nSPS) is 15.7. The van der Waals surface area contributed by atoms with Crippen molar-refractivity contribution >= 4 is 54.5 Å². The van der Waals surface area contributed by atoms with Gasteiger partial charge in [-0.1, -0.05) is 30.3 Å². The third-order valence-electron chi connectivity index (χ3n) is 4.41. The summed E-state index contributed by atoms with van der Waals surface area (Å²) in [6, 6.07) is 13.0.